The Morgan fingerprint density at radius 1 is 1.29 bits per heavy atom. The van der Waals surface area contributed by atoms with Gasteiger partial charge in [0.05, 0.1) is 18.8 Å². The molecule has 24 heavy (non-hydrogen) atoms. The van der Waals surface area contributed by atoms with E-state index in [9.17, 15) is 4.79 Å². The van der Waals surface area contributed by atoms with Crippen LogP contribution in [0.3, 0.4) is 0 Å². The summed E-state index contributed by atoms with van der Waals surface area (Å²) in [5.74, 6) is 2.00. The molecule has 3 heterocycles. The van der Waals surface area contributed by atoms with E-state index in [0.717, 1.165) is 44.0 Å². The Bertz CT molecular complexity index is 742. The molecule has 0 aliphatic carbocycles. The van der Waals surface area contributed by atoms with Crippen LogP contribution in [0.25, 0.3) is 0 Å². The highest BCUT2D eigenvalue weighted by Gasteiger charge is 2.26. The predicted molar refractivity (Wildman–Crippen MR) is 89.7 cm³/mol. The van der Waals surface area contributed by atoms with Gasteiger partial charge in [-0.3, -0.25) is 9.78 Å². The molecule has 5 nitrogen and oxygen atoms in total. The van der Waals surface area contributed by atoms with Gasteiger partial charge >= 0.3 is 0 Å². The molecular formula is C19H20N2O3. The van der Waals surface area contributed by atoms with Crippen molar-refractivity contribution < 1.29 is 14.3 Å². The number of aromatic nitrogens is 1. The highest BCUT2D eigenvalue weighted by atomic mass is 16.5. The van der Waals surface area contributed by atoms with Gasteiger partial charge in [-0.15, -0.1) is 0 Å². The maximum Gasteiger partial charge on any atom is 0.255 e. The summed E-state index contributed by atoms with van der Waals surface area (Å²) < 4.78 is 11.6. The fourth-order valence-electron chi connectivity index (χ4n) is 3.44. The Balaban J connectivity index is 1.53. The zero-order valence-electron chi connectivity index (χ0n) is 13.7. The maximum atomic E-state index is 12.5. The quantitative estimate of drug-likeness (QED) is 0.866. The zero-order chi connectivity index (χ0) is 16.5. The average molecular weight is 324 g/mol. The third-order valence-corrected chi connectivity index (χ3v) is 4.71. The third kappa shape index (κ3) is 2.60. The molecule has 124 valence electrons. The van der Waals surface area contributed by atoms with Crippen molar-refractivity contribution in [2.75, 3.05) is 26.8 Å². The predicted octanol–water partition coefficient (Wildman–Crippen LogP) is 2.27. The number of benzene rings is 1. The number of rotatable bonds is 4. The lowest BCUT2D eigenvalue weighted by Gasteiger charge is -2.19. The van der Waals surface area contributed by atoms with E-state index >= 15 is 0 Å². The first kappa shape index (κ1) is 15.0. The summed E-state index contributed by atoms with van der Waals surface area (Å²) in [6.07, 6.45) is 5.90. The second kappa shape index (κ2) is 6.15. The largest absolute Gasteiger partial charge is 0.493 e. The van der Waals surface area contributed by atoms with Gasteiger partial charge in [-0.05, 0) is 24.6 Å². The summed E-state index contributed by atoms with van der Waals surface area (Å²) in [5, 5.41) is 0. The minimum atomic E-state index is -0.00973. The minimum Gasteiger partial charge on any atom is -0.493 e. The third-order valence-electron chi connectivity index (χ3n) is 4.71. The monoisotopic (exact) mass is 324 g/mol. The smallest absolute Gasteiger partial charge is 0.255 e. The number of pyridine rings is 1. The van der Waals surface area contributed by atoms with Crippen LogP contribution in [0.5, 0.6) is 11.5 Å². The van der Waals surface area contributed by atoms with Gasteiger partial charge in [0.15, 0.2) is 0 Å². The molecular weight excluding hydrogens is 304 g/mol. The van der Waals surface area contributed by atoms with Crippen LogP contribution in [-0.4, -0.2) is 42.6 Å². The van der Waals surface area contributed by atoms with Gasteiger partial charge in [-0.25, -0.2) is 0 Å². The van der Waals surface area contributed by atoms with E-state index in [0.29, 0.717) is 12.1 Å². The van der Waals surface area contributed by atoms with Gasteiger partial charge in [0.25, 0.3) is 5.91 Å². The number of hydrogen-bond donors (Lipinski definition) is 0. The van der Waals surface area contributed by atoms with Gasteiger partial charge in [0, 0.05) is 55.5 Å². The number of nitrogens with zero attached hydrogens (tertiary/aromatic N) is 2. The second-order valence-corrected chi connectivity index (χ2v) is 6.24. The molecule has 0 saturated heterocycles. The molecule has 1 aromatic carbocycles. The Morgan fingerprint density at radius 2 is 2.17 bits per heavy atom. The van der Waals surface area contributed by atoms with E-state index in [-0.39, 0.29) is 5.91 Å². The minimum absolute atomic E-state index is 0.00973. The van der Waals surface area contributed by atoms with E-state index in [1.807, 2.05) is 7.05 Å². The normalized spacial score (nSPS) is 14.5. The van der Waals surface area contributed by atoms with Crippen LogP contribution in [0.4, 0.5) is 0 Å². The molecule has 1 amide bonds. The topological polar surface area (TPSA) is 51.7 Å². The van der Waals surface area contributed by atoms with Crippen LogP contribution in [0.1, 0.15) is 27.0 Å². The molecule has 2 aliphatic heterocycles. The van der Waals surface area contributed by atoms with E-state index in [1.165, 1.54) is 16.7 Å². The standard InChI is InChI=1S/C19H20N2O3/c1-21(19(22)14-3-2-7-20-12-14)8-4-16-15-6-10-23-17(15)11-13-5-9-24-18(13)16/h2-3,7,11-12H,4-6,8-10H2,1H3. The van der Waals surface area contributed by atoms with Gasteiger partial charge in [-0.2, -0.15) is 0 Å². The zero-order valence-corrected chi connectivity index (χ0v) is 13.7. The summed E-state index contributed by atoms with van der Waals surface area (Å²) in [6.45, 7) is 2.10. The Labute approximate surface area is 141 Å². The molecule has 0 saturated carbocycles. The van der Waals surface area contributed by atoms with Crippen LogP contribution in [0.15, 0.2) is 30.6 Å². The molecule has 5 heteroatoms. The fraction of sp³-hybridized carbons (Fsp3) is 0.368. The highest BCUT2D eigenvalue weighted by Crippen LogP contribution is 2.40. The van der Waals surface area contributed by atoms with E-state index in [1.54, 1.807) is 29.4 Å². The van der Waals surface area contributed by atoms with Crippen molar-refractivity contribution >= 4 is 5.91 Å². The van der Waals surface area contributed by atoms with Crippen LogP contribution in [0.2, 0.25) is 0 Å². The number of amides is 1. The number of carbonyl (C=O) groups excluding carboxylic acids is 1. The Kier molecular flexibility index (Phi) is 3.84. The first-order valence-electron chi connectivity index (χ1n) is 8.33. The van der Waals surface area contributed by atoms with Crippen LogP contribution in [-0.2, 0) is 19.3 Å². The van der Waals surface area contributed by atoms with Crippen molar-refractivity contribution in [1.29, 1.82) is 0 Å². The summed E-state index contributed by atoms with van der Waals surface area (Å²) in [5.41, 5.74) is 4.30. The lowest BCUT2D eigenvalue weighted by atomic mass is 9.97. The maximum absolute atomic E-state index is 12.5. The molecule has 0 radical (unpaired) electrons. The molecule has 2 aliphatic rings. The Hall–Kier alpha value is -2.56. The first-order chi connectivity index (χ1) is 11.7. The van der Waals surface area contributed by atoms with Crippen LogP contribution < -0.4 is 9.47 Å². The SMILES string of the molecule is CN(CCc1c2c(cc3c1OCC3)OCC2)C(=O)c1cccnc1. The lowest BCUT2D eigenvalue weighted by Crippen LogP contribution is -2.29. The van der Waals surface area contributed by atoms with Crippen molar-refractivity contribution in [3.63, 3.8) is 0 Å². The summed E-state index contributed by atoms with van der Waals surface area (Å²) >= 11 is 0. The Morgan fingerprint density at radius 3 is 3.00 bits per heavy atom. The molecule has 2 aromatic rings. The van der Waals surface area contributed by atoms with Gasteiger partial charge < -0.3 is 14.4 Å². The summed E-state index contributed by atoms with van der Waals surface area (Å²) in [7, 11) is 1.83. The van der Waals surface area contributed by atoms with E-state index in [4.69, 9.17) is 9.47 Å². The lowest BCUT2D eigenvalue weighted by molar-refractivity contribution is 0.0796. The van der Waals surface area contributed by atoms with Crippen LogP contribution in [0, 0.1) is 0 Å². The fourth-order valence-corrected chi connectivity index (χ4v) is 3.44. The van der Waals surface area contributed by atoms with Crippen molar-refractivity contribution in [3.05, 3.63) is 52.8 Å². The molecule has 0 unspecified atom stereocenters. The number of hydrogen-bond acceptors (Lipinski definition) is 4. The molecule has 0 fully saturated rings. The van der Waals surface area contributed by atoms with Crippen molar-refractivity contribution in [1.82, 2.24) is 9.88 Å². The summed E-state index contributed by atoms with van der Waals surface area (Å²) in [4.78, 5) is 18.2. The molecule has 0 atom stereocenters. The molecule has 0 N–H and O–H groups in total. The van der Waals surface area contributed by atoms with Gasteiger partial charge in [0.1, 0.15) is 11.5 Å². The number of carbonyl (C=O) groups is 1. The molecule has 0 spiro atoms. The van der Waals surface area contributed by atoms with Gasteiger partial charge in [0.2, 0.25) is 0 Å². The van der Waals surface area contributed by atoms with Crippen molar-refractivity contribution in [2.24, 2.45) is 0 Å². The van der Waals surface area contributed by atoms with E-state index in [2.05, 4.69) is 11.1 Å². The average Bonchev–Trinajstić information content (AvgIpc) is 3.27. The van der Waals surface area contributed by atoms with Crippen molar-refractivity contribution in [3.8, 4) is 11.5 Å². The number of ether oxygens (including phenoxy) is 2. The van der Waals surface area contributed by atoms with Crippen LogP contribution >= 0.6 is 0 Å². The highest BCUT2D eigenvalue weighted by molar-refractivity contribution is 5.93. The van der Waals surface area contributed by atoms with Crippen molar-refractivity contribution in [2.45, 2.75) is 19.3 Å². The number of fused-ring (bicyclic) bond motifs is 2. The molecule has 4 rings (SSSR count). The summed E-state index contributed by atoms with van der Waals surface area (Å²) in [6, 6.07) is 5.70. The molecule has 0 bridgehead atoms. The van der Waals surface area contributed by atoms with E-state index < -0.39 is 0 Å². The number of likely N-dealkylation sites (N-methyl/N-ethyl adjacent to an activating group) is 1. The van der Waals surface area contributed by atoms with Gasteiger partial charge in [-0.1, -0.05) is 0 Å². The second-order valence-electron chi connectivity index (χ2n) is 6.24. The first-order valence-corrected chi connectivity index (χ1v) is 8.33. The molecule has 1 aromatic heterocycles.